The largest absolute Gasteiger partial charge is 0.492 e. The maximum atomic E-state index is 13.1. The highest BCUT2D eigenvalue weighted by atomic mass is 32.2. The maximum absolute atomic E-state index is 13.1. The monoisotopic (exact) mass is 483 g/mol. The first kappa shape index (κ1) is 25.7. The lowest BCUT2D eigenvalue weighted by Gasteiger charge is -2.12. The van der Waals surface area contributed by atoms with E-state index in [-0.39, 0.29) is 10.5 Å². The van der Waals surface area contributed by atoms with Crippen LogP contribution in [0.3, 0.4) is 0 Å². The zero-order valence-electron chi connectivity index (χ0n) is 17.6. The van der Waals surface area contributed by atoms with Crippen LogP contribution in [-0.4, -0.2) is 61.8 Å². The van der Waals surface area contributed by atoms with E-state index in [4.69, 9.17) is 14.6 Å². The molecule has 0 radical (unpaired) electrons. The topological polar surface area (TPSA) is 113 Å². The number of aliphatic carboxylic acids is 1. The summed E-state index contributed by atoms with van der Waals surface area (Å²) in [6.45, 7) is 1.26. The zero-order chi connectivity index (χ0) is 24.8. The quantitative estimate of drug-likeness (QED) is 0.572. The van der Waals surface area contributed by atoms with Gasteiger partial charge in [0.15, 0.2) is 0 Å². The zero-order valence-corrected chi connectivity index (χ0v) is 18.4. The summed E-state index contributed by atoms with van der Waals surface area (Å²) in [4.78, 5) is 10.9. The van der Waals surface area contributed by atoms with Crippen LogP contribution >= 0.6 is 0 Å². The number of ether oxygens (including phenoxy) is 1. The van der Waals surface area contributed by atoms with Crippen LogP contribution in [0.25, 0.3) is 10.9 Å². The summed E-state index contributed by atoms with van der Waals surface area (Å²) < 4.78 is 64.9. The molecule has 2 aromatic carbocycles. The van der Waals surface area contributed by atoms with Crippen molar-refractivity contribution in [3.63, 3.8) is 0 Å². The molecule has 3 rings (SSSR count). The SMILES string of the molecule is CN(C)CCOc1cccc2c1ccn2S(=O)(=O)c1ccccc1C#N.O=C(O)C(F)(F)F. The summed E-state index contributed by atoms with van der Waals surface area (Å²) in [5, 5.41) is 17.1. The minimum absolute atomic E-state index is 0.0149. The number of halogens is 3. The van der Waals surface area contributed by atoms with Gasteiger partial charge in [-0.05, 0) is 44.4 Å². The van der Waals surface area contributed by atoms with E-state index in [2.05, 4.69) is 0 Å². The molecule has 8 nitrogen and oxygen atoms in total. The lowest BCUT2D eigenvalue weighted by Crippen LogP contribution is -2.21. The number of carboxylic acids is 1. The fraction of sp³-hybridized carbons (Fsp3) is 0.238. The average molecular weight is 483 g/mol. The normalized spacial score (nSPS) is 11.5. The first-order valence-electron chi connectivity index (χ1n) is 9.32. The molecule has 33 heavy (non-hydrogen) atoms. The Morgan fingerprint density at radius 3 is 2.36 bits per heavy atom. The molecule has 0 aliphatic rings. The second-order valence-electron chi connectivity index (χ2n) is 6.87. The molecule has 0 amide bonds. The molecule has 0 unspecified atom stereocenters. The molecule has 0 aliphatic carbocycles. The van der Waals surface area contributed by atoms with Crippen molar-refractivity contribution < 1.29 is 36.2 Å². The van der Waals surface area contributed by atoms with Gasteiger partial charge in [0.2, 0.25) is 0 Å². The van der Waals surface area contributed by atoms with Crippen LogP contribution in [0.15, 0.2) is 59.6 Å². The third kappa shape index (κ3) is 6.24. The Balaban J connectivity index is 0.000000479. The van der Waals surface area contributed by atoms with Crippen LogP contribution in [-0.2, 0) is 14.8 Å². The minimum Gasteiger partial charge on any atom is -0.492 e. The van der Waals surface area contributed by atoms with Gasteiger partial charge in [-0.1, -0.05) is 18.2 Å². The fourth-order valence-corrected chi connectivity index (χ4v) is 4.17. The number of alkyl halides is 3. The van der Waals surface area contributed by atoms with E-state index >= 15 is 0 Å². The number of rotatable bonds is 6. The van der Waals surface area contributed by atoms with Gasteiger partial charge in [0.25, 0.3) is 10.0 Å². The van der Waals surface area contributed by atoms with E-state index in [1.54, 1.807) is 30.3 Å². The number of hydrogen-bond donors (Lipinski definition) is 1. The molecule has 1 aromatic heterocycles. The molecule has 12 heteroatoms. The van der Waals surface area contributed by atoms with Gasteiger partial charge in [-0.25, -0.2) is 17.2 Å². The van der Waals surface area contributed by atoms with Gasteiger partial charge in [0, 0.05) is 18.1 Å². The van der Waals surface area contributed by atoms with E-state index in [0.717, 1.165) is 6.54 Å². The molecule has 1 heterocycles. The smallest absolute Gasteiger partial charge is 0.490 e. The number of likely N-dealkylation sites (N-methyl/N-ethyl adjacent to an activating group) is 1. The number of nitriles is 1. The average Bonchev–Trinajstić information content (AvgIpc) is 3.19. The summed E-state index contributed by atoms with van der Waals surface area (Å²) in [6.07, 6.45) is -3.59. The Bertz CT molecular complexity index is 1280. The molecule has 1 N–H and O–H groups in total. The summed E-state index contributed by atoms with van der Waals surface area (Å²) in [6, 6.07) is 15.1. The van der Waals surface area contributed by atoms with Crippen molar-refractivity contribution in [1.29, 1.82) is 5.26 Å². The standard InChI is InChI=1S/C19H19N3O3S.C2HF3O2/c1-21(2)12-13-25-18-8-5-7-17-16(18)10-11-22(17)26(23,24)19-9-4-3-6-15(19)14-20;3-2(4,5)1(6)7/h3-11H,12-13H2,1-2H3;(H,6,7). The molecule has 0 bridgehead atoms. The Morgan fingerprint density at radius 1 is 1.15 bits per heavy atom. The van der Waals surface area contributed by atoms with Crippen LogP contribution < -0.4 is 4.74 Å². The highest BCUT2D eigenvalue weighted by Gasteiger charge is 2.38. The Labute approximate surface area is 188 Å². The van der Waals surface area contributed by atoms with Crippen LogP contribution in [0.5, 0.6) is 5.75 Å². The second kappa shape index (κ2) is 10.4. The molecule has 3 aromatic rings. The number of nitrogens with zero attached hydrogens (tertiary/aromatic N) is 3. The van der Waals surface area contributed by atoms with Gasteiger partial charge >= 0.3 is 12.1 Å². The summed E-state index contributed by atoms with van der Waals surface area (Å²) in [5.74, 6) is -2.13. The number of carboxylic acid groups (broad SMARTS) is 1. The molecule has 0 saturated carbocycles. The van der Waals surface area contributed by atoms with Crippen LogP contribution in [0, 0.1) is 11.3 Å². The van der Waals surface area contributed by atoms with Gasteiger partial charge in [-0.15, -0.1) is 0 Å². The first-order valence-corrected chi connectivity index (χ1v) is 10.8. The van der Waals surface area contributed by atoms with E-state index in [9.17, 15) is 26.9 Å². The maximum Gasteiger partial charge on any atom is 0.490 e. The number of aromatic nitrogens is 1. The lowest BCUT2D eigenvalue weighted by molar-refractivity contribution is -0.192. The number of fused-ring (bicyclic) bond motifs is 1. The minimum atomic E-state index is -5.08. The van der Waals surface area contributed by atoms with Crippen molar-refractivity contribution in [3.05, 3.63) is 60.3 Å². The Morgan fingerprint density at radius 2 is 1.79 bits per heavy atom. The fourth-order valence-electron chi connectivity index (χ4n) is 2.68. The number of hydrogen-bond acceptors (Lipinski definition) is 6. The van der Waals surface area contributed by atoms with E-state index in [1.165, 1.54) is 22.3 Å². The molecule has 0 atom stereocenters. The van der Waals surface area contributed by atoms with E-state index < -0.39 is 22.2 Å². The third-order valence-corrected chi connectivity index (χ3v) is 5.99. The van der Waals surface area contributed by atoms with Gasteiger partial charge in [0.05, 0.1) is 11.1 Å². The molecular weight excluding hydrogens is 463 g/mol. The van der Waals surface area contributed by atoms with Crippen molar-refractivity contribution in [2.75, 3.05) is 27.2 Å². The van der Waals surface area contributed by atoms with Gasteiger partial charge in [-0.3, -0.25) is 0 Å². The summed E-state index contributed by atoms with van der Waals surface area (Å²) >= 11 is 0. The van der Waals surface area contributed by atoms with E-state index in [1.807, 2.05) is 31.1 Å². The van der Waals surface area contributed by atoms with Crippen LogP contribution in [0.2, 0.25) is 0 Å². The van der Waals surface area contributed by atoms with Crippen LogP contribution in [0.1, 0.15) is 5.56 Å². The van der Waals surface area contributed by atoms with Gasteiger partial charge in [-0.2, -0.15) is 18.4 Å². The second-order valence-corrected chi connectivity index (χ2v) is 8.65. The summed E-state index contributed by atoms with van der Waals surface area (Å²) in [7, 11) is 0.0306. The lowest BCUT2D eigenvalue weighted by atomic mass is 10.2. The van der Waals surface area contributed by atoms with E-state index in [0.29, 0.717) is 23.3 Å². The van der Waals surface area contributed by atoms with Crippen molar-refractivity contribution in [2.24, 2.45) is 0 Å². The van der Waals surface area contributed by atoms with Gasteiger partial charge in [0.1, 0.15) is 23.3 Å². The number of carbonyl (C=O) groups is 1. The third-order valence-electron chi connectivity index (χ3n) is 4.24. The van der Waals surface area contributed by atoms with Crippen LogP contribution in [0.4, 0.5) is 13.2 Å². The van der Waals surface area contributed by atoms with Crippen molar-refractivity contribution in [3.8, 4) is 11.8 Å². The predicted octanol–water partition coefficient (Wildman–Crippen LogP) is 3.32. The highest BCUT2D eigenvalue weighted by Crippen LogP contribution is 2.30. The molecular formula is C21H20F3N3O5S. The molecule has 0 spiro atoms. The van der Waals surface area contributed by atoms with Crippen molar-refractivity contribution in [1.82, 2.24) is 8.87 Å². The molecule has 0 aliphatic heterocycles. The number of benzene rings is 2. The first-order chi connectivity index (χ1) is 15.4. The Hall–Kier alpha value is -3.56. The predicted molar refractivity (Wildman–Crippen MR) is 113 cm³/mol. The highest BCUT2D eigenvalue weighted by molar-refractivity contribution is 7.90. The molecule has 0 fully saturated rings. The Kier molecular flexibility index (Phi) is 8.08. The van der Waals surface area contributed by atoms with Gasteiger partial charge < -0.3 is 14.7 Å². The summed E-state index contributed by atoms with van der Waals surface area (Å²) in [5.41, 5.74) is 0.632. The van der Waals surface area contributed by atoms with Crippen molar-refractivity contribution >= 4 is 26.9 Å². The molecule has 176 valence electrons. The van der Waals surface area contributed by atoms with Crippen molar-refractivity contribution in [2.45, 2.75) is 11.1 Å². The molecule has 0 saturated heterocycles.